The third-order valence-corrected chi connectivity index (χ3v) is 11.4. The number of hydrogen-bond acceptors (Lipinski definition) is 6. The summed E-state index contributed by atoms with van der Waals surface area (Å²) < 4.78 is 16.8. The number of allylic oxidation sites excluding steroid dienone is 6. The van der Waals surface area contributed by atoms with Gasteiger partial charge in [-0.1, -0.05) is 211 Å². The quantitative estimate of drug-likeness (QED) is 0.0263. The number of carbonyl (C=O) groups excluding carboxylic acids is 3. The molecular weight excluding hydrogens is 745 g/mol. The molecular formula is C54H98O6. The first-order valence-corrected chi connectivity index (χ1v) is 26.0. The fourth-order valence-electron chi connectivity index (χ4n) is 7.41. The second-order valence-electron chi connectivity index (χ2n) is 17.4. The molecule has 0 amide bonds. The van der Waals surface area contributed by atoms with Crippen molar-refractivity contribution in [3.8, 4) is 0 Å². The van der Waals surface area contributed by atoms with Gasteiger partial charge in [0.1, 0.15) is 13.2 Å². The molecule has 0 rings (SSSR count). The standard InChI is InChI=1S/C54H98O6/c1-4-7-10-13-16-19-22-24-26-27-29-30-32-35-38-41-44-47-53(56)59-50-51(49-58-52(55)46-43-40-37-34-21-18-15-12-9-6-3)60-54(57)48-45-42-39-36-33-31-28-25-23-20-17-14-11-8-5-2/h16,19-20,23-24,26,51H,4-15,17-18,21-22,25,27-50H2,1-3H3/b19-16-,23-20-,26-24-. The highest BCUT2D eigenvalue weighted by Crippen LogP contribution is 2.15. The van der Waals surface area contributed by atoms with Crippen LogP contribution in [0, 0.1) is 0 Å². The van der Waals surface area contributed by atoms with Crippen LogP contribution in [-0.4, -0.2) is 37.2 Å². The van der Waals surface area contributed by atoms with Crippen LogP contribution in [0.3, 0.4) is 0 Å². The number of esters is 3. The van der Waals surface area contributed by atoms with Gasteiger partial charge >= 0.3 is 17.9 Å². The fourth-order valence-corrected chi connectivity index (χ4v) is 7.41. The molecule has 0 heterocycles. The zero-order valence-corrected chi connectivity index (χ0v) is 40.0. The number of ether oxygens (including phenoxy) is 3. The summed E-state index contributed by atoms with van der Waals surface area (Å²) in [6.45, 7) is 6.60. The van der Waals surface area contributed by atoms with Crippen LogP contribution in [0.1, 0.15) is 271 Å². The van der Waals surface area contributed by atoms with Gasteiger partial charge in [0.05, 0.1) is 0 Å². The Hall–Kier alpha value is -2.37. The zero-order valence-electron chi connectivity index (χ0n) is 40.0. The van der Waals surface area contributed by atoms with Crippen molar-refractivity contribution in [1.82, 2.24) is 0 Å². The number of unbranched alkanes of at least 4 members (excludes halogenated alkanes) is 30. The molecule has 6 heteroatoms. The zero-order chi connectivity index (χ0) is 43.7. The molecule has 1 atom stereocenters. The molecule has 0 aliphatic carbocycles. The molecule has 60 heavy (non-hydrogen) atoms. The summed E-state index contributed by atoms with van der Waals surface area (Å²) in [4.78, 5) is 37.9. The van der Waals surface area contributed by atoms with Crippen molar-refractivity contribution >= 4 is 17.9 Å². The molecule has 350 valence electrons. The Morgan fingerprint density at radius 1 is 0.333 bits per heavy atom. The SMILES string of the molecule is CCCCC/C=C\C/C=C\CCCCCCCCCC(=O)OCC(COC(=O)CCCCCCCCCCCC)OC(=O)CCCCCCCCC/C=C\CCCCCC. The number of hydrogen-bond donors (Lipinski definition) is 0. The Morgan fingerprint density at radius 3 is 0.983 bits per heavy atom. The topological polar surface area (TPSA) is 78.9 Å². The van der Waals surface area contributed by atoms with Crippen molar-refractivity contribution in [3.63, 3.8) is 0 Å². The van der Waals surface area contributed by atoms with E-state index in [2.05, 4.69) is 57.2 Å². The van der Waals surface area contributed by atoms with Crippen LogP contribution in [-0.2, 0) is 28.6 Å². The highest BCUT2D eigenvalue weighted by atomic mass is 16.6. The third kappa shape index (κ3) is 46.7. The fraction of sp³-hybridized carbons (Fsp3) is 0.833. The van der Waals surface area contributed by atoms with E-state index >= 15 is 0 Å². The molecule has 0 saturated carbocycles. The maximum absolute atomic E-state index is 12.8. The van der Waals surface area contributed by atoms with Gasteiger partial charge in [-0.05, 0) is 77.0 Å². The average Bonchev–Trinajstić information content (AvgIpc) is 3.24. The molecule has 0 fully saturated rings. The van der Waals surface area contributed by atoms with E-state index in [4.69, 9.17) is 14.2 Å². The maximum Gasteiger partial charge on any atom is 0.306 e. The molecule has 1 unspecified atom stereocenters. The van der Waals surface area contributed by atoms with Gasteiger partial charge in [0.15, 0.2) is 6.10 Å². The van der Waals surface area contributed by atoms with Crippen molar-refractivity contribution in [2.75, 3.05) is 13.2 Å². The summed E-state index contributed by atoms with van der Waals surface area (Å²) in [5.41, 5.74) is 0. The van der Waals surface area contributed by atoms with Crippen molar-refractivity contribution in [2.24, 2.45) is 0 Å². The Balaban J connectivity index is 4.34. The van der Waals surface area contributed by atoms with Crippen LogP contribution in [0.5, 0.6) is 0 Å². The van der Waals surface area contributed by atoms with E-state index in [9.17, 15) is 14.4 Å². The summed E-state index contributed by atoms with van der Waals surface area (Å²) in [6.07, 6.45) is 56.9. The van der Waals surface area contributed by atoms with Crippen LogP contribution >= 0.6 is 0 Å². The van der Waals surface area contributed by atoms with Crippen molar-refractivity contribution in [1.29, 1.82) is 0 Å². The second kappa shape index (κ2) is 49.3. The highest BCUT2D eigenvalue weighted by molar-refractivity contribution is 5.71. The lowest BCUT2D eigenvalue weighted by Gasteiger charge is -2.18. The summed E-state index contributed by atoms with van der Waals surface area (Å²) in [5, 5.41) is 0. The van der Waals surface area contributed by atoms with E-state index in [1.54, 1.807) is 0 Å². The van der Waals surface area contributed by atoms with Gasteiger partial charge in [-0.15, -0.1) is 0 Å². The Morgan fingerprint density at radius 2 is 0.600 bits per heavy atom. The first-order valence-electron chi connectivity index (χ1n) is 26.0. The van der Waals surface area contributed by atoms with E-state index in [1.807, 2.05) is 0 Å². The predicted molar refractivity (Wildman–Crippen MR) is 256 cm³/mol. The smallest absolute Gasteiger partial charge is 0.306 e. The summed E-state index contributed by atoms with van der Waals surface area (Å²) in [5.74, 6) is -0.879. The van der Waals surface area contributed by atoms with E-state index < -0.39 is 6.10 Å². The predicted octanol–water partition coefficient (Wildman–Crippen LogP) is 16.9. The van der Waals surface area contributed by atoms with Crippen LogP contribution in [0.4, 0.5) is 0 Å². The lowest BCUT2D eigenvalue weighted by molar-refractivity contribution is -0.167. The number of carbonyl (C=O) groups is 3. The molecule has 0 radical (unpaired) electrons. The molecule has 0 bridgehead atoms. The molecule has 0 aliphatic rings. The third-order valence-electron chi connectivity index (χ3n) is 11.4. The Labute approximate surface area is 372 Å². The second-order valence-corrected chi connectivity index (χ2v) is 17.4. The van der Waals surface area contributed by atoms with E-state index in [0.717, 1.165) is 70.6 Å². The minimum Gasteiger partial charge on any atom is -0.462 e. The van der Waals surface area contributed by atoms with Crippen LogP contribution in [0.15, 0.2) is 36.5 Å². The minimum atomic E-state index is -0.773. The van der Waals surface area contributed by atoms with Gasteiger partial charge in [-0.3, -0.25) is 14.4 Å². The van der Waals surface area contributed by atoms with Crippen LogP contribution < -0.4 is 0 Å². The summed E-state index contributed by atoms with van der Waals surface area (Å²) >= 11 is 0. The normalized spacial score (nSPS) is 12.2. The largest absolute Gasteiger partial charge is 0.462 e. The molecule has 6 nitrogen and oxygen atoms in total. The van der Waals surface area contributed by atoms with Gasteiger partial charge in [-0.25, -0.2) is 0 Å². The minimum absolute atomic E-state index is 0.0738. The highest BCUT2D eigenvalue weighted by Gasteiger charge is 2.19. The van der Waals surface area contributed by atoms with Crippen LogP contribution in [0.25, 0.3) is 0 Å². The van der Waals surface area contributed by atoms with Gasteiger partial charge in [0.2, 0.25) is 0 Å². The molecule has 0 aliphatic heterocycles. The van der Waals surface area contributed by atoms with E-state index in [1.165, 1.54) is 161 Å². The number of rotatable bonds is 47. The maximum atomic E-state index is 12.8. The molecule has 0 aromatic rings. The van der Waals surface area contributed by atoms with Crippen molar-refractivity contribution in [2.45, 2.75) is 277 Å². The summed E-state index contributed by atoms with van der Waals surface area (Å²) in [7, 11) is 0. The van der Waals surface area contributed by atoms with Gasteiger partial charge in [-0.2, -0.15) is 0 Å². The van der Waals surface area contributed by atoms with Gasteiger partial charge < -0.3 is 14.2 Å². The average molecular weight is 843 g/mol. The first-order chi connectivity index (χ1) is 29.5. The van der Waals surface area contributed by atoms with E-state index in [-0.39, 0.29) is 31.1 Å². The Bertz CT molecular complexity index is 1020. The first kappa shape index (κ1) is 57.6. The lowest BCUT2D eigenvalue weighted by atomic mass is 10.1. The van der Waals surface area contributed by atoms with Crippen molar-refractivity contribution < 1.29 is 28.6 Å². The lowest BCUT2D eigenvalue weighted by Crippen LogP contribution is -2.30. The Kier molecular flexibility index (Phi) is 47.3. The molecule has 0 aromatic carbocycles. The van der Waals surface area contributed by atoms with Crippen molar-refractivity contribution in [3.05, 3.63) is 36.5 Å². The molecule has 0 saturated heterocycles. The van der Waals surface area contributed by atoms with Gasteiger partial charge in [0, 0.05) is 19.3 Å². The van der Waals surface area contributed by atoms with E-state index in [0.29, 0.717) is 19.3 Å². The molecule has 0 aromatic heterocycles. The monoisotopic (exact) mass is 843 g/mol. The molecule has 0 N–H and O–H groups in total. The van der Waals surface area contributed by atoms with Crippen LogP contribution in [0.2, 0.25) is 0 Å². The summed E-state index contributed by atoms with van der Waals surface area (Å²) in [6, 6.07) is 0. The van der Waals surface area contributed by atoms with Gasteiger partial charge in [0.25, 0.3) is 0 Å². The molecule has 0 spiro atoms.